The summed E-state index contributed by atoms with van der Waals surface area (Å²) in [6, 6.07) is 1.34. The van der Waals surface area contributed by atoms with E-state index in [2.05, 4.69) is 9.88 Å². The molecular formula is C13H20FN3O. The van der Waals surface area contributed by atoms with Crippen LogP contribution in [0.5, 0.6) is 0 Å². The predicted octanol–water partition coefficient (Wildman–Crippen LogP) is 1.24. The van der Waals surface area contributed by atoms with Crippen molar-refractivity contribution in [3.05, 3.63) is 23.6 Å². The normalized spacial score (nSPS) is 16.2. The standard InChI is InChI=1S/C13H20FN3O/c1-16(6-7-17-4-2-3-5-17)13-11(10-18)8-12(14)9-15-13/h8-9,18H,2-7,10H2,1H3. The van der Waals surface area contributed by atoms with E-state index in [0.717, 1.165) is 26.2 Å². The van der Waals surface area contributed by atoms with Crippen molar-refractivity contribution in [2.24, 2.45) is 0 Å². The van der Waals surface area contributed by atoms with Gasteiger partial charge in [0, 0.05) is 25.7 Å². The molecular weight excluding hydrogens is 233 g/mol. The summed E-state index contributed by atoms with van der Waals surface area (Å²) in [5, 5.41) is 9.23. The number of anilines is 1. The van der Waals surface area contributed by atoms with E-state index in [-0.39, 0.29) is 6.61 Å². The minimum absolute atomic E-state index is 0.186. The molecule has 0 unspecified atom stereocenters. The Hall–Kier alpha value is -1.20. The van der Waals surface area contributed by atoms with Crippen molar-refractivity contribution in [1.29, 1.82) is 0 Å². The number of likely N-dealkylation sites (N-methyl/N-ethyl adjacent to an activating group) is 1. The minimum Gasteiger partial charge on any atom is -0.392 e. The van der Waals surface area contributed by atoms with Crippen molar-refractivity contribution < 1.29 is 9.50 Å². The third-order valence-corrected chi connectivity index (χ3v) is 3.39. The van der Waals surface area contributed by atoms with E-state index >= 15 is 0 Å². The third kappa shape index (κ3) is 3.17. The van der Waals surface area contributed by atoms with Crippen LogP contribution in [0.4, 0.5) is 10.2 Å². The lowest BCUT2D eigenvalue weighted by Crippen LogP contribution is -2.32. The Bertz CT molecular complexity index is 394. The smallest absolute Gasteiger partial charge is 0.142 e. The van der Waals surface area contributed by atoms with Gasteiger partial charge in [0.25, 0.3) is 0 Å². The zero-order valence-electron chi connectivity index (χ0n) is 10.8. The highest BCUT2D eigenvalue weighted by Crippen LogP contribution is 2.17. The van der Waals surface area contributed by atoms with E-state index in [0.29, 0.717) is 11.4 Å². The first-order valence-electron chi connectivity index (χ1n) is 6.39. The number of likely N-dealkylation sites (tertiary alicyclic amines) is 1. The van der Waals surface area contributed by atoms with Crippen molar-refractivity contribution in [3.63, 3.8) is 0 Å². The first-order chi connectivity index (χ1) is 8.70. The fourth-order valence-electron chi connectivity index (χ4n) is 2.34. The molecule has 0 aliphatic carbocycles. The average molecular weight is 253 g/mol. The van der Waals surface area contributed by atoms with Crippen LogP contribution < -0.4 is 4.90 Å². The van der Waals surface area contributed by atoms with E-state index < -0.39 is 5.82 Å². The van der Waals surface area contributed by atoms with Crippen molar-refractivity contribution in [2.45, 2.75) is 19.4 Å². The molecule has 0 aromatic carbocycles. The Labute approximate surface area is 107 Å². The lowest BCUT2D eigenvalue weighted by Gasteiger charge is -2.23. The molecule has 2 heterocycles. The molecule has 1 fully saturated rings. The second-order valence-corrected chi connectivity index (χ2v) is 4.76. The molecule has 1 aliphatic rings. The fourth-order valence-corrected chi connectivity index (χ4v) is 2.34. The number of pyridine rings is 1. The van der Waals surface area contributed by atoms with Gasteiger partial charge in [-0.3, -0.25) is 0 Å². The maximum absolute atomic E-state index is 13.0. The third-order valence-electron chi connectivity index (χ3n) is 3.39. The molecule has 5 heteroatoms. The van der Waals surface area contributed by atoms with Gasteiger partial charge in [-0.2, -0.15) is 0 Å². The van der Waals surface area contributed by atoms with Crippen LogP contribution in [0.15, 0.2) is 12.3 Å². The summed E-state index contributed by atoms with van der Waals surface area (Å²) in [6.45, 7) is 3.97. The first kappa shape index (κ1) is 13.2. The minimum atomic E-state index is -0.407. The van der Waals surface area contributed by atoms with Gasteiger partial charge in [-0.15, -0.1) is 0 Å². The van der Waals surface area contributed by atoms with Gasteiger partial charge in [0.05, 0.1) is 12.8 Å². The number of hydrogen-bond donors (Lipinski definition) is 1. The number of hydrogen-bond acceptors (Lipinski definition) is 4. The Kier molecular flexibility index (Phi) is 4.49. The fraction of sp³-hybridized carbons (Fsp3) is 0.615. The van der Waals surface area contributed by atoms with Crippen molar-refractivity contribution in [3.8, 4) is 0 Å². The molecule has 0 amide bonds. The lowest BCUT2D eigenvalue weighted by atomic mass is 10.2. The van der Waals surface area contributed by atoms with Gasteiger partial charge in [-0.05, 0) is 32.0 Å². The molecule has 0 atom stereocenters. The zero-order valence-corrected chi connectivity index (χ0v) is 10.8. The van der Waals surface area contributed by atoms with Crippen LogP contribution >= 0.6 is 0 Å². The van der Waals surface area contributed by atoms with Crippen LogP contribution in [0.2, 0.25) is 0 Å². The van der Waals surface area contributed by atoms with E-state index in [1.807, 2.05) is 11.9 Å². The lowest BCUT2D eigenvalue weighted by molar-refractivity contribution is 0.280. The molecule has 2 rings (SSSR count). The van der Waals surface area contributed by atoms with Crippen molar-refractivity contribution in [1.82, 2.24) is 9.88 Å². The summed E-state index contributed by atoms with van der Waals surface area (Å²) in [6.07, 6.45) is 3.75. The highest BCUT2D eigenvalue weighted by molar-refractivity contribution is 5.45. The van der Waals surface area contributed by atoms with Gasteiger partial charge < -0.3 is 14.9 Å². The predicted molar refractivity (Wildman–Crippen MR) is 69.1 cm³/mol. The van der Waals surface area contributed by atoms with Gasteiger partial charge >= 0.3 is 0 Å². The summed E-state index contributed by atoms with van der Waals surface area (Å²) < 4.78 is 13.0. The van der Waals surface area contributed by atoms with E-state index in [1.54, 1.807) is 0 Å². The largest absolute Gasteiger partial charge is 0.392 e. The Morgan fingerprint density at radius 3 is 2.83 bits per heavy atom. The number of aromatic nitrogens is 1. The molecule has 0 spiro atoms. The maximum atomic E-state index is 13.0. The number of aliphatic hydroxyl groups excluding tert-OH is 1. The Balaban J connectivity index is 1.96. The average Bonchev–Trinajstić information content (AvgIpc) is 2.88. The number of halogens is 1. The summed E-state index contributed by atoms with van der Waals surface area (Å²) in [7, 11) is 1.93. The molecule has 1 aromatic rings. The first-order valence-corrected chi connectivity index (χ1v) is 6.39. The number of aliphatic hydroxyl groups is 1. The molecule has 0 radical (unpaired) electrons. The van der Waals surface area contributed by atoms with Gasteiger partial charge in [-0.25, -0.2) is 9.37 Å². The SMILES string of the molecule is CN(CCN1CCCC1)c1ncc(F)cc1CO. The maximum Gasteiger partial charge on any atom is 0.142 e. The zero-order chi connectivity index (χ0) is 13.0. The summed E-state index contributed by atoms with van der Waals surface area (Å²) in [5.41, 5.74) is 0.541. The monoisotopic (exact) mass is 253 g/mol. The van der Waals surface area contributed by atoms with Crippen LogP contribution in [0.1, 0.15) is 18.4 Å². The van der Waals surface area contributed by atoms with E-state index in [1.165, 1.54) is 25.1 Å². The molecule has 1 aliphatic heterocycles. The molecule has 18 heavy (non-hydrogen) atoms. The molecule has 4 nitrogen and oxygen atoms in total. The van der Waals surface area contributed by atoms with Gasteiger partial charge in [-0.1, -0.05) is 0 Å². The second kappa shape index (κ2) is 6.11. The molecule has 1 N–H and O–H groups in total. The van der Waals surface area contributed by atoms with Crippen LogP contribution in [0.3, 0.4) is 0 Å². The summed E-state index contributed by atoms with van der Waals surface area (Å²) in [5.74, 6) is 0.258. The number of rotatable bonds is 5. The highest BCUT2D eigenvalue weighted by Gasteiger charge is 2.14. The van der Waals surface area contributed by atoms with E-state index in [4.69, 9.17) is 0 Å². The Morgan fingerprint density at radius 2 is 2.17 bits per heavy atom. The van der Waals surface area contributed by atoms with Gasteiger partial charge in [0.15, 0.2) is 0 Å². The summed E-state index contributed by atoms with van der Waals surface area (Å²) >= 11 is 0. The van der Waals surface area contributed by atoms with Gasteiger partial charge in [0.2, 0.25) is 0 Å². The quantitative estimate of drug-likeness (QED) is 0.857. The molecule has 100 valence electrons. The summed E-state index contributed by atoms with van der Waals surface area (Å²) in [4.78, 5) is 8.46. The second-order valence-electron chi connectivity index (χ2n) is 4.76. The van der Waals surface area contributed by atoms with Crippen LogP contribution in [-0.2, 0) is 6.61 Å². The van der Waals surface area contributed by atoms with Gasteiger partial charge in [0.1, 0.15) is 11.6 Å². The van der Waals surface area contributed by atoms with E-state index in [9.17, 15) is 9.50 Å². The van der Waals surface area contributed by atoms with Crippen LogP contribution in [-0.4, -0.2) is 48.2 Å². The van der Waals surface area contributed by atoms with Crippen molar-refractivity contribution >= 4 is 5.82 Å². The Morgan fingerprint density at radius 1 is 1.44 bits per heavy atom. The van der Waals surface area contributed by atoms with Crippen LogP contribution in [0.25, 0.3) is 0 Å². The molecule has 1 aromatic heterocycles. The van der Waals surface area contributed by atoms with Crippen molar-refractivity contribution in [2.75, 3.05) is 38.1 Å². The topological polar surface area (TPSA) is 39.6 Å². The molecule has 0 saturated carbocycles. The molecule has 0 bridgehead atoms. The van der Waals surface area contributed by atoms with Crippen LogP contribution in [0, 0.1) is 5.82 Å². The highest BCUT2D eigenvalue weighted by atomic mass is 19.1. The number of nitrogens with zero attached hydrogens (tertiary/aromatic N) is 3. The molecule has 1 saturated heterocycles.